The van der Waals surface area contributed by atoms with Crippen molar-refractivity contribution in [1.82, 2.24) is 31.1 Å². The first-order valence-electron chi connectivity index (χ1n) is 28.7. The molecule has 0 spiro atoms. The van der Waals surface area contributed by atoms with Crippen LogP contribution in [-0.4, -0.2) is 162 Å². The van der Waals surface area contributed by atoms with Gasteiger partial charge in [-0.3, -0.25) is 43.8 Å². The summed E-state index contributed by atoms with van der Waals surface area (Å²) in [5.74, 6) is -7.02. The molecule has 86 heavy (non-hydrogen) atoms. The third-order valence-corrected chi connectivity index (χ3v) is 16.7. The molecule has 4 aliphatic heterocycles. The predicted molar refractivity (Wildman–Crippen MR) is 313 cm³/mol. The number of primary amides is 1. The maximum atomic E-state index is 16.2. The summed E-state index contributed by atoms with van der Waals surface area (Å²) in [6.45, 7) is 12.1. The lowest BCUT2D eigenvalue weighted by Crippen LogP contribution is -2.63. The summed E-state index contributed by atoms with van der Waals surface area (Å²) < 4.78 is 40.0. The number of nitrogens with zero attached hydrogens (tertiary/aromatic N) is 3. The van der Waals surface area contributed by atoms with E-state index in [2.05, 4.69) is 21.3 Å². The molecule has 0 radical (unpaired) electrons. The number of methoxy groups -OCH3 is 1. The Kier molecular flexibility index (Phi) is 23.0. The first-order chi connectivity index (χ1) is 40.5. The maximum Gasteiger partial charge on any atom is 0.409 e. The Morgan fingerprint density at radius 3 is 2.35 bits per heavy atom. The van der Waals surface area contributed by atoms with Crippen LogP contribution >= 0.6 is 11.6 Å². The Morgan fingerprint density at radius 2 is 1.70 bits per heavy atom. The fourth-order valence-corrected chi connectivity index (χ4v) is 11.1. The minimum Gasteiger partial charge on any atom is -0.457 e. The molecule has 10 atom stereocenters. The van der Waals surface area contributed by atoms with Crippen molar-refractivity contribution in [3.63, 3.8) is 0 Å². The van der Waals surface area contributed by atoms with E-state index in [9.17, 15) is 53.1 Å². The molecule has 6 rings (SSSR count). The van der Waals surface area contributed by atoms with E-state index >= 15 is 4.39 Å². The van der Waals surface area contributed by atoms with Crippen LogP contribution in [0.3, 0.4) is 0 Å². The van der Waals surface area contributed by atoms with Gasteiger partial charge in [-0.05, 0) is 101 Å². The second-order valence-electron chi connectivity index (χ2n) is 23.1. The fraction of sp³-hybridized carbons (Fsp3) is 0.541. The molecular formula is C61H80ClFN8O15. The molecule has 4 aliphatic rings. The lowest BCUT2D eigenvalue weighted by molar-refractivity contribution is -0.158. The highest BCUT2D eigenvalue weighted by Crippen LogP contribution is 2.49. The number of epoxide rings is 1. The number of likely N-dealkylation sites (N-methyl/N-ethyl adjacent to an activating group) is 1. The second kappa shape index (κ2) is 29.2. The summed E-state index contributed by atoms with van der Waals surface area (Å²) in [5, 5.41) is 22.6. The first-order valence-corrected chi connectivity index (χ1v) is 29.1. The molecule has 4 bridgehead atoms. The summed E-state index contributed by atoms with van der Waals surface area (Å²) in [6, 6.07) is 2.72. The number of ketones is 1. The van der Waals surface area contributed by atoms with Crippen molar-refractivity contribution >= 4 is 76.6 Å². The van der Waals surface area contributed by atoms with E-state index in [-0.39, 0.29) is 44.3 Å². The van der Waals surface area contributed by atoms with Gasteiger partial charge in [-0.1, -0.05) is 74.7 Å². The highest BCUT2D eigenvalue weighted by Gasteiger charge is 2.64. The van der Waals surface area contributed by atoms with Crippen LogP contribution in [0.5, 0.6) is 0 Å². The number of amides is 9. The highest BCUT2D eigenvalue weighted by molar-refractivity contribution is 6.34. The number of benzene rings is 2. The number of aliphatic hydroxyl groups is 1. The first kappa shape index (κ1) is 67.6. The number of nitrogens with two attached hydrogens (primary N) is 1. The minimum absolute atomic E-state index is 0.0145. The summed E-state index contributed by atoms with van der Waals surface area (Å²) in [4.78, 5) is 135. The molecule has 0 unspecified atom stereocenters. The summed E-state index contributed by atoms with van der Waals surface area (Å²) in [7, 11) is 4.19. The van der Waals surface area contributed by atoms with Crippen LogP contribution in [0, 0.1) is 24.6 Å². The van der Waals surface area contributed by atoms with Crippen molar-refractivity contribution in [2.75, 3.05) is 39.2 Å². The number of carbonyl (C=O) groups excluding carboxylic acids is 10. The zero-order valence-electron chi connectivity index (χ0n) is 50.3. The number of urea groups is 1. The number of hydrogen-bond donors (Lipinski definition) is 6. The Hall–Kier alpha value is -7.54. The van der Waals surface area contributed by atoms with Crippen LogP contribution in [0.4, 0.5) is 19.7 Å². The number of Topliss-reactive ketones (excluding diaryl/α,β-unsaturated/α-hetero) is 1. The minimum atomic E-state index is -1.92. The molecule has 2 saturated heterocycles. The Bertz CT molecular complexity index is 3030. The molecule has 9 amide bonds. The smallest absolute Gasteiger partial charge is 0.409 e. The quantitative estimate of drug-likeness (QED) is 0.0394. The van der Waals surface area contributed by atoms with Crippen LogP contribution in [-0.2, 0) is 65.4 Å². The number of unbranched alkanes of at least 4 members (excludes halogenated alkanes) is 2. The van der Waals surface area contributed by atoms with Crippen molar-refractivity contribution in [1.29, 1.82) is 0 Å². The van der Waals surface area contributed by atoms with E-state index in [1.165, 1.54) is 51.2 Å². The van der Waals surface area contributed by atoms with Crippen molar-refractivity contribution in [3.05, 3.63) is 99.4 Å². The van der Waals surface area contributed by atoms with Crippen molar-refractivity contribution in [2.45, 2.75) is 167 Å². The summed E-state index contributed by atoms with van der Waals surface area (Å²) in [6.07, 6.45) is 3.61. The van der Waals surface area contributed by atoms with Gasteiger partial charge < -0.3 is 55.5 Å². The molecule has 0 aliphatic carbocycles. The number of allylic oxidation sites excluding steroid dienone is 3. The van der Waals surface area contributed by atoms with E-state index in [1.807, 2.05) is 26.0 Å². The number of hydrogen-bond acceptors (Lipinski definition) is 15. The van der Waals surface area contributed by atoms with E-state index in [0.717, 1.165) is 33.1 Å². The molecule has 23 nitrogen and oxygen atoms in total. The van der Waals surface area contributed by atoms with Crippen LogP contribution in [0.15, 0.2) is 66.3 Å². The normalized spacial score (nSPS) is 25.1. The number of rotatable bonds is 22. The number of alkyl carbamates (subject to hydrolysis) is 1. The van der Waals surface area contributed by atoms with E-state index < -0.39 is 149 Å². The third kappa shape index (κ3) is 16.9. The number of carbonyl (C=O) groups is 10. The number of aryl methyl sites for hydroxylation is 1. The van der Waals surface area contributed by atoms with Crippen molar-refractivity contribution in [3.8, 4) is 0 Å². The van der Waals surface area contributed by atoms with Crippen LogP contribution in [0.25, 0.3) is 0 Å². The zero-order valence-corrected chi connectivity index (χ0v) is 51.0. The van der Waals surface area contributed by atoms with Gasteiger partial charge in [0.2, 0.25) is 17.7 Å². The SMILES string of the molecule is CO[C@@H]1/C=C/C=C(\C)Cc2cc(C)c(Cl)c(c2)N(C)C(=O)C[C@H](OC(=O)[C@H](C)N(C)C(=O)c2ccc(CC(=O)[C@H](CCCNC(N)=O)NC(=O)[C@@H](NC(=O)CCCCCN3C(=O)C=CC3=O)C(C)C)cc2F)[C@]2(C)O[C@H]2[C@H](C)[C@@H]2C[C@@]1(O)NC(=O)O2. The van der Waals surface area contributed by atoms with Gasteiger partial charge in [0.25, 0.3) is 17.7 Å². The second-order valence-corrected chi connectivity index (χ2v) is 23.5. The summed E-state index contributed by atoms with van der Waals surface area (Å²) in [5.41, 5.74) is 4.39. The highest BCUT2D eigenvalue weighted by atomic mass is 35.5. The average Bonchev–Trinajstić information content (AvgIpc) is 1.60. The number of esters is 1. The third-order valence-electron chi connectivity index (χ3n) is 16.2. The molecule has 468 valence electrons. The number of imide groups is 1. The fourth-order valence-electron chi connectivity index (χ4n) is 10.8. The molecule has 0 saturated carbocycles. The van der Waals surface area contributed by atoms with Gasteiger partial charge in [0, 0.05) is 71.6 Å². The van der Waals surface area contributed by atoms with Crippen LogP contribution in [0.1, 0.15) is 120 Å². The average molecular weight is 1220 g/mol. The number of anilines is 1. The zero-order chi connectivity index (χ0) is 63.5. The largest absolute Gasteiger partial charge is 0.457 e. The summed E-state index contributed by atoms with van der Waals surface area (Å²) >= 11 is 6.84. The van der Waals surface area contributed by atoms with Crippen molar-refractivity contribution in [2.24, 2.45) is 17.6 Å². The number of nitrogens with one attached hydrogen (secondary N) is 4. The van der Waals surface area contributed by atoms with Crippen molar-refractivity contribution < 1.29 is 76.4 Å². The van der Waals surface area contributed by atoms with Crippen LogP contribution in [0.2, 0.25) is 5.02 Å². The van der Waals surface area contributed by atoms with Crippen LogP contribution < -0.4 is 31.9 Å². The number of fused-ring (bicyclic) bond motifs is 5. The van der Waals surface area contributed by atoms with E-state index in [4.69, 9.17) is 36.3 Å². The molecule has 7 N–H and O–H groups in total. The van der Waals surface area contributed by atoms with Gasteiger partial charge in [0.1, 0.15) is 41.8 Å². The molecular weight excluding hydrogens is 1140 g/mol. The van der Waals surface area contributed by atoms with Gasteiger partial charge in [0.05, 0.1) is 34.8 Å². The van der Waals surface area contributed by atoms with Gasteiger partial charge in [-0.2, -0.15) is 0 Å². The molecule has 2 fully saturated rings. The van der Waals surface area contributed by atoms with Gasteiger partial charge >= 0.3 is 18.1 Å². The molecule has 25 heteroatoms. The predicted octanol–water partition coefficient (Wildman–Crippen LogP) is 4.94. The topological polar surface area (TPSA) is 315 Å². The van der Waals surface area contributed by atoms with Gasteiger partial charge in [-0.15, -0.1) is 0 Å². The Labute approximate surface area is 504 Å². The van der Waals surface area contributed by atoms with E-state index in [1.54, 1.807) is 45.9 Å². The molecule has 4 heterocycles. The Balaban J connectivity index is 1.15. The number of halogens is 2. The van der Waals surface area contributed by atoms with Gasteiger partial charge in [-0.25, -0.2) is 18.8 Å². The standard InChI is InChI=1S/C61H80ClFN8O15/c1-33(2)53(67-48(73)19-12-11-13-25-71-49(74)22-23-50(71)75)55(77)66-42(17-15-24-65-58(64)80)44(72)30-38-20-21-40(41(63)28-38)56(78)69(8)37(6)57(79)85-47-31-51(76)70(9)43-29-39(27-35(4)52(43)62)26-34(3)16-14-18-46(83-10)61(82)32-45(84-59(81)68-61)36(5)54-60(47,7)86-54/h14,16,18,20-23,27-29,33,36-37,42,45-47,53-54,82H,11-13,15,17,19,24-26,30-32H2,1-10H3,(H,66,77)(H,67,73)(H,68,81)(H3,64,65,80)/b18-14+,34-16+/t36-,37+,42+,45+,46-,47+,53+,54+,60+,61+/m1/s1. The van der Waals surface area contributed by atoms with Gasteiger partial charge in [0.15, 0.2) is 11.5 Å². The maximum absolute atomic E-state index is 16.2. The Morgan fingerprint density at radius 1 is 1.00 bits per heavy atom. The lowest BCUT2D eigenvalue weighted by Gasteiger charge is -2.42. The molecule has 0 aromatic heterocycles. The van der Waals surface area contributed by atoms with E-state index in [0.29, 0.717) is 42.0 Å². The monoisotopic (exact) mass is 1220 g/mol. The number of ether oxygens (including phenoxy) is 4. The molecule has 2 aromatic carbocycles. The molecule has 2 aromatic rings. The lowest BCUT2D eigenvalue weighted by atomic mass is 9.83.